The molecule has 2 rings (SSSR count). The Bertz CT molecular complexity index is 596. The van der Waals surface area contributed by atoms with Gasteiger partial charge in [0.15, 0.2) is 0 Å². The Labute approximate surface area is 140 Å². The van der Waals surface area contributed by atoms with Crippen molar-refractivity contribution in [3.05, 3.63) is 29.8 Å². The normalized spacial score (nSPS) is 17.1. The Hall–Kier alpha value is -0.950. The van der Waals surface area contributed by atoms with E-state index in [4.69, 9.17) is 4.74 Å². The average molecular weight is 340 g/mol. The molecule has 1 fully saturated rings. The molecule has 0 unspecified atom stereocenters. The molecule has 1 saturated heterocycles. The highest BCUT2D eigenvalue weighted by Gasteiger charge is 2.33. The Kier molecular flexibility index (Phi) is 6.59. The molecule has 0 aliphatic carbocycles. The second-order valence-electron chi connectivity index (χ2n) is 6.22. The van der Waals surface area contributed by atoms with E-state index in [1.54, 1.807) is 16.4 Å². The van der Waals surface area contributed by atoms with E-state index >= 15 is 0 Å². The lowest BCUT2D eigenvalue weighted by molar-refractivity contribution is 0.0573. The first kappa shape index (κ1) is 18.4. The van der Waals surface area contributed by atoms with Gasteiger partial charge in [0.1, 0.15) is 0 Å². The molecule has 0 saturated carbocycles. The maximum absolute atomic E-state index is 13.3. The van der Waals surface area contributed by atoms with E-state index < -0.39 is 10.0 Å². The van der Waals surface area contributed by atoms with Gasteiger partial charge in [0.05, 0.1) is 4.90 Å². The lowest BCUT2D eigenvalue weighted by Crippen LogP contribution is -2.46. The monoisotopic (exact) mass is 340 g/mol. The first-order valence-electron chi connectivity index (χ1n) is 8.29. The van der Waals surface area contributed by atoms with E-state index in [1.165, 1.54) is 0 Å². The van der Waals surface area contributed by atoms with Crippen molar-refractivity contribution in [1.82, 2.24) is 9.21 Å². The van der Waals surface area contributed by atoms with Gasteiger partial charge in [0.25, 0.3) is 0 Å². The van der Waals surface area contributed by atoms with Gasteiger partial charge in [-0.1, -0.05) is 25.1 Å². The predicted octanol–water partition coefficient (Wildman–Crippen LogP) is 1.98. The van der Waals surface area contributed by atoms with Crippen LogP contribution in [-0.2, 0) is 21.2 Å². The molecule has 0 bridgehead atoms. The van der Waals surface area contributed by atoms with Crippen LogP contribution in [0.2, 0.25) is 0 Å². The van der Waals surface area contributed by atoms with E-state index in [-0.39, 0.29) is 6.04 Å². The van der Waals surface area contributed by atoms with Crippen molar-refractivity contribution in [2.45, 2.75) is 37.1 Å². The fourth-order valence-electron chi connectivity index (χ4n) is 2.94. The fourth-order valence-corrected chi connectivity index (χ4v) is 4.92. The van der Waals surface area contributed by atoms with Gasteiger partial charge < -0.3 is 9.64 Å². The van der Waals surface area contributed by atoms with Gasteiger partial charge in [-0.25, -0.2) is 8.42 Å². The first-order chi connectivity index (χ1) is 11.0. The minimum absolute atomic E-state index is 0.0265. The lowest BCUT2D eigenvalue weighted by Gasteiger charge is -2.34. The third-order valence-electron chi connectivity index (χ3n) is 4.31. The largest absolute Gasteiger partial charge is 0.381 e. The Balaban J connectivity index is 2.34. The van der Waals surface area contributed by atoms with Crippen LogP contribution in [0.25, 0.3) is 0 Å². The zero-order chi connectivity index (χ0) is 16.9. The van der Waals surface area contributed by atoms with Crippen molar-refractivity contribution in [1.29, 1.82) is 0 Å². The van der Waals surface area contributed by atoms with Crippen LogP contribution < -0.4 is 0 Å². The van der Waals surface area contributed by atoms with Crippen LogP contribution >= 0.6 is 0 Å². The molecule has 6 heteroatoms. The van der Waals surface area contributed by atoms with Crippen LogP contribution in [0.1, 0.15) is 25.3 Å². The molecule has 0 atom stereocenters. The lowest BCUT2D eigenvalue weighted by atomic mass is 10.1. The highest BCUT2D eigenvalue weighted by atomic mass is 32.2. The number of rotatable bonds is 7. The molecule has 0 amide bonds. The van der Waals surface area contributed by atoms with E-state index in [1.807, 2.05) is 38.1 Å². The van der Waals surface area contributed by atoms with Gasteiger partial charge in [-0.05, 0) is 45.0 Å². The van der Waals surface area contributed by atoms with Crippen LogP contribution in [0, 0.1) is 0 Å². The van der Waals surface area contributed by atoms with Crippen molar-refractivity contribution in [2.75, 3.05) is 40.4 Å². The summed E-state index contributed by atoms with van der Waals surface area (Å²) < 4.78 is 33.7. The maximum Gasteiger partial charge on any atom is 0.243 e. The van der Waals surface area contributed by atoms with Crippen LogP contribution in [-0.4, -0.2) is 64.1 Å². The molecule has 130 valence electrons. The molecule has 1 aromatic carbocycles. The van der Waals surface area contributed by atoms with Crippen molar-refractivity contribution < 1.29 is 13.2 Å². The Morgan fingerprint density at radius 1 is 1.13 bits per heavy atom. The third kappa shape index (κ3) is 4.53. The maximum atomic E-state index is 13.3. The van der Waals surface area contributed by atoms with E-state index in [9.17, 15) is 8.42 Å². The minimum Gasteiger partial charge on any atom is -0.381 e. The summed E-state index contributed by atoms with van der Waals surface area (Å²) in [6.07, 6.45) is 2.24. The van der Waals surface area contributed by atoms with E-state index in [0.717, 1.165) is 18.4 Å². The number of benzene rings is 1. The number of likely N-dealkylation sites (N-methyl/N-ethyl adjacent to an activating group) is 1. The second-order valence-corrected chi connectivity index (χ2v) is 8.08. The third-order valence-corrected chi connectivity index (χ3v) is 6.36. The highest BCUT2D eigenvalue weighted by Crippen LogP contribution is 2.26. The fraction of sp³-hybridized carbons (Fsp3) is 0.647. The predicted molar refractivity (Wildman–Crippen MR) is 92.1 cm³/mol. The van der Waals surface area contributed by atoms with Gasteiger partial charge >= 0.3 is 0 Å². The summed E-state index contributed by atoms with van der Waals surface area (Å²) in [6, 6.07) is 7.37. The molecule has 1 aliphatic heterocycles. The number of aryl methyl sites for hydroxylation is 1. The van der Waals surface area contributed by atoms with Crippen LogP contribution in [0.4, 0.5) is 0 Å². The number of sulfonamides is 1. The minimum atomic E-state index is -3.49. The molecular weight excluding hydrogens is 312 g/mol. The molecule has 23 heavy (non-hydrogen) atoms. The first-order valence-corrected chi connectivity index (χ1v) is 9.73. The molecule has 0 spiro atoms. The van der Waals surface area contributed by atoms with E-state index in [2.05, 4.69) is 0 Å². The van der Waals surface area contributed by atoms with Crippen molar-refractivity contribution in [2.24, 2.45) is 0 Å². The summed E-state index contributed by atoms with van der Waals surface area (Å²) in [5.41, 5.74) is 0.884. The van der Waals surface area contributed by atoms with Gasteiger partial charge in [0.2, 0.25) is 10.0 Å². The summed E-state index contributed by atoms with van der Waals surface area (Å²) in [4.78, 5) is 2.47. The smallest absolute Gasteiger partial charge is 0.243 e. The summed E-state index contributed by atoms with van der Waals surface area (Å²) in [5.74, 6) is 0. The molecule has 5 nitrogen and oxygen atoms in total. The summed E-state index contributed by atoms with van der Waals surface area (Å²) in [7, 11) is 0.446. The summed E-state index contributed by atoms with van der Waals surface area (Å²) >= 11 is 0. The molecule has 1 aliphatic rings. The zero-order valence-electron chi connectivity index (χ0n) is 14.4. The SMILES string of the molecule is CCc1ccccc1S(=O)(=O)N(CCN(C)C)C1CCOCC1. The van der Waals surface area contributed by atoms with Gasteiger partial charge in [-0.15, -0.1) is 0 Å². The molecule has 1 aromatic rings. The van der Waals surface area contributed by atoms with Crippen molar-refractivity contribution in [3.8, 4) is 0 Å². The van der Waals surface area contributed by atoms with Gasteiger partial charge in [0, 0.05) is 32.3 Å². The summed E-state index contributed by atoms with van der Waals surface area (Å²) in [6.45, 7) is 4.48. The van der Waals surface area contributed by atoms with Gasteiger partial charge in [-0.2, -0.15) is 4.31 Å². The second kappa shape index (κ2) is 8.24. The average Bonchev–Trinajstić information content (AvgIpc) is 2.55. The quantitative estimate of drug-likeness (QED) is 0.762. The van der Waals surface area contributed by atoms with E-state index in [0.29, 0.717) is 37.6 Å². The van der Waals surface area contributed by atoms with Crippen molar-refractivity contribution >= 4 is 10.0 Å². The van der Waals surface area contributed by atoms with Crippen LogP contribution in [0.5, 0.6) is 0 Å². The van der Waals surface area contributed by atoms with Gasteiger partial charge in [-0.3, -0.25) is 0 Å². The summed E-state index contributed by atoms with van der Waals surface area (Å²) in [5, 5.41) is 0. The molecule has 0 N–H and O–H groups in total. The Morgan fingerprint density at radius 2 is 1.78 bits per heavy atom. The number of ether oxygens (including phenoxy) is 1. The molecule has 0 aromatic heterocycles. The Morgan fingerprint density at radius 3 is 2.39 bits per heavy atom. The van der Waals surface area contributed by atoms with Crippen LogP contribution in [0.15, 0.2) is 29.2 Å². The van der Waals surface area contributed by atoms with Crippen molar-refractivity contribution in [3.63, 3.8) is 0 Å². The zero-order valence-corrected chi connectivity index (χ0v) is 15.2. The molecule has 1 heterocycles. The number of hydrogen-bond donors (Lipinski definition) is 0. The topological polar surface area (TPSA) is 49.9 Å². The highest BCUT2D eigenvalue weighted by molar-refractivity contribution is 7.89. The number of nitrogens with zero attached hydrogens (tertiary/aromatic N) is 2. The number of hydrogen-bond acceptors (Lipinski definition) is 4. The van der Waals surface area contributed by atoms with Crippen LogP contribution in [0.3, 0.4) is 0 Å². The standard InChI is InChI=1S/C17H28N2O3S/c1-4-15-7-5-6-8-17(15)23(20,21)19(12-11-18(2)3)16-9-13-22-14-10-16/h5-8,16H,4,9-14H2,1-3H3. The molecular formula is C17H28N2O3S. The molecule has 0 radical (unpaired) electrons.